The Bertz CT molecular complexity index is 675. The first-order valence-corrected chi connectivity index (χ1v) is 7.38. The highest BCUT2D eigenvalue weighted by Crippen LogP contribution is 2.44. The highest BCUT2D eigenvalue weighted by Gasteiger charge is 2.40. The van der Waals surface area contributed by atoms with Crippen LogP contribution in [0.5, 0.6) is 0 Å². The molecule has 20 heavy (non-hydrogen) atoms. The van der Waals surface area contributed by atoms with Gasteiger partial charge < -0.3 is 16.0 Å². The molecule has 2 bridgehead atoms. The third-order valence-electron chi connectivity index (χ3n) is 4.94. The minimum atomic E-state index is 0.0114. The number of carbonyl (C=O) groups excluding carboxylic acids is 1. The van der Waals surface area contributed by atoms with Crippen molar-refractivity contribution < 1.29 is 4.79 Å². The molecule has 2 aliphatic carbocycles. The van der Waals surface area contributed by atoms with Crippen molar-refractivity contribution in [3.63, 3.8) is 0 Å². The molecular weight excluding hydrogens is 250 g/mol. The molecule has 2 fully saturated rings. The molecule has 0 spiro atoms. The van der Waals surface area contributed by atoms with Crippen LogP contribution in [0.4, 0.5) is 5.69 Å². The Labute approximate surface area is 117 Å². The van der Waals surface area contributed by atoms with Crippen LogP contribution >= 0.6 is 0 Å². The van der Waals surface area contributed by atoms with E-state index >= 15 is 0 Å². The molecule has 4 N–H and O–H groups in total. The molecule has 2 aliphatic rings. The number of nitrogens with two attached hydrogens (primary N) is 1. The summed E-state index contributed by atoms with van der Waals surface area (Å²) in [5.41, 5.74) is 8.08. The molecule has 104 valence electrons. The third-order valence-corrected chi connectivity index (χ3v) is 4.94. The summed E-state index contributed by atoms with van der Waals surface area (Å²) in [6.07, 6.45) is 5.08. The number of nitrogen functional groups attached to an aromatic ring is 1. The van der Waals surface area contributed by atoms with Crippen LogP contribution in [0.25, 0.3) is 10.9 Å². The number of aromatic nitrogens is 1. The average molecular weight is 269 g/mol. The number of aromatic amines is 1. The fraction of sp³-hybridized carbons (Fsp3) is 0.438. The van der Waals surface area contributed by atoms with Crippen LogP contribution < -0.4 is 11.1 Å². The molecule has 1 heterocycles. The molecule has 0 aliphatic heterocycles. The summed E-state index contributed by atoms with van der Waals surface area (Å²) in [5.74, 6) is 1.55. The maximum Gasteiger partial charge on any atom is 0.267 e. The van der Waals surface area contributed by atoms with Gasteiger partial charge in [0, 0.05) is 22.6 Å². The highest BCUT2D eigenvalue weighted by molar-refractivity contribution is 5.98. The lowest BCUT2D eigenvalue weighted by Crippen LogP contribution is -2.38. The van der Waals surface area contributed by atoms with Crippen molar-refractivity contribution in [1.29, 1.82) is 0 Å². The van der Waals surface area contributed by atoms with Crippen molar-refractivity contribution in [2.24, 2.45) is 11.8 Å². The van der Waals surface area contributed by atoms with Gasteiger partial charge in [-0.25, -0.2) is 0 Å². The van der Waals surface area contributed by atoms with E-state index in [-0.39, 0.29) is 5.91 Å². The van der Waals surface area contributed by atoms with Gasteiger partial charge in [0.15, 0.2) is 0 Å². The number of H-pyrrole nitrogens is 1. The SMILES string of the molecule is Nc1ccc2[nH]c(C(=O)NC3CC4CCC3C4)cc2c1. The normalized spacial score (nSPS) is 28.1. The van der Waals surface area contributed by atoms with Crippen molar-refractivity contribution in [2.45, 2.75) is 31.7 Å². The van der Waals surface area contributed by atoms with Gasteiger partial charge in [-0.05, 0) is 55.4 Å². The Hall–Kier alpha value is -1.97. The zero-order valence-electron chi connectivity index (χ0n) is 11.4. The van der Waals surface area contributed by atoms with Crippen molar-refractivity contribution in [1.82, 2.24) is 10.3 Å². The maximum atomic E-state index is 12.4. The molecule has 1 aromatic heterocycles. The largest absolute Gasteiger partial charge is 0.399 e. The summed E-state index contributed by atoms with van der Waals surface area (Å²) in [7, 11) is 0. The van der Waals surface area contributed by atoms with E-state index in [4.69, 9.17) is 5.73 Å². The van der Waals surface area contributed by atoms with Crippen LogP contribution in [0.3, 0.4) is 0 Å². The monoisotopic (exact) mass is 269 g/mol. The van der Waals surface area contributed by atoms with E-state index in [0.717, 1.165) is 28.9 Å². The smallest absolute Gasteiger partial charge is 0.267 e. The molecule has 0 saturated heterocycles. The predicted molar refractivity (Wildman–Crippen MR) is 79.4 cm³/mol. The van der Waals surface area contributed by atoms with Gasteiger partial charge in [-0.2, -0.15) is 0 Å². The molecule has 2 saturated carbocycles. The number of benzene rings is 1. The van der Waals surface area contributed by atoms with Gasteiger partial charge in [-0.3, -0.25) is 4.79 Å². The first-order chi connectivity index (χ1) is 9.69. The van der Waals surface area contributed by atoms with E-state index in [9.17, 15) is 4.79 Å². The van der Waals surface area contributed by atoms with Gasteiger partial charge in [0.1, 0.15) is 5.69 Å². The number of carbonyl (C=O) groups is 1. The lowest BCUT2D eigenvalue weighted by molar-refractivity contribution is 0.0918. The predicted octanol–water partition coefficient (Wildman–Crippen LogP) is 2.67. The number of hydrogen-bond donors (Lipinski definition) is 3. The van der Waals surface area contributed by atoms with E-state index in [0.29, 0.717) is 17.7 Å². The second-order valence-corrected chi connectivity index (χ2v) is 6.28. The molecular formula is C16H19N3O. The minimum Gasteiger partial charge on any atom is -0.399 e. The van der Waals surface area contributed by atoms with Gasteiger partial charge in [0.2, 0.25) is 0 Å². The minimum absolute atomic E-state index is 0.0114. The Kier molecular flexibility index (Phi) is 2.52. The summed E-state index contributed by atoms with van der Waals surface area (Å²) in [5, 5.41) is 4.19. The molecule has 3 unspecified atom stereocenters. The molecule has 4 rings (SSSR count). The average Bonchev–Trinajstić information content (AvgIpc) is 3.11. The molecule has 1 amide bonds. The second kappa shape index (κ2) is 4.27. The van der Waals surface area contributed by atoms with Crippen LogP contribution in [0.1, 0.15) is 36.2 Å². The zero-order valence-corrected chi connectivity index (χ0v) is 11.4. The quantitative estimate of drug-likeness (QED) is 0.733. The Morgan fingerprint density at radius 3 is 2.90 bits per heavy atom. The number of anilines is 1. The van der Waals surface area contributed by atoms with E-state index < -0.39 is 0 Å². The topological polar surface area (TPSA) is 70.9 Å². The number of fused-ring (bicyclic) bond motifs is 3. The van der Waals surface area contributed by atoms with Gasteiger partial charge >= 0.3 is 0 Å². The fourth-order valence-corrected chi connectivity index (χ4v) is 3.94. The van der Waals surface area contributed by atoms with Crippen molar-refractivity contribution >= 4 is 22.5 Å². The molecule has 4 nitrogen and oxygen atoms in total. The first-order valence-electron chi connectivity index (χ1n) is 7.38. The van der Waals surface area contributed by atoms with E-state index in [1.807, 2.05) is 24.3 Å². The van der Waals surface area contributed by atoms with Gasteiger partial charge in [0.05, 0.1) is 0 Å². The number of nitrogens with one attached hydrogen (secondary N) is 2. The molecule has 0 radical (unpaired) electrons. The van der Waals surface area contributed by atoms with Crippen molar-refractivity contribution in [3.8, 4) is 0 Å². The summed E-state index contributed by atoms with van der Waals surface area (Å²) in [6, 6.07) is 7.90. The lowest BCUT2D eigenvalue weighted by Gasteiger charge is -2.22. The van der Waals surface area contributed by atoms with Gasteiger partial charge in [-0.1, -0.05) is 6.42 Å². The summed E-state index contributed by atoms with van der Waals surface area (Å²) >= 11 is 0. The highest BCUT2D eigenvalue weighted by atomic mass is 16.1. The lowest BCUT2D eigenvalue weighted by atomic mass is 9.95. The van der Waals surface area contributed by atoms with Crippen molar-refractivity contribution in [2.75, 3.05) is 5.73 Å². The van der Waals surface area contributed by atoms with Crippen LogP contribution in [0.15, 0.2) is 24.3 Å². The van der Waals surface area contributed by atoms with Crippen molar-refractivity contribution in [3.05, 3.63) is 30.0 Å². The Morgan fingerprint density at radius 1 is 1.25 bits per heavy atom. The fourth-order valence-electron chi connectivity index (χ4n) is 3.94. The third kappa shape index (κ3) is 1.87. The number of amides is 1. The summed E-state index contributed by atoms with van der Waals surface area (Å²) < 4.78 is 0. The second-order valence-electron chi connectivity index (χ2n) is 6.28. The molecule has 1 aromatic carbocycles. The maximum absolute atomic E-state index is 12.4. The molecule has 2 aromatic rings. The van der Waals surface area contributed by atoms with Crippen LogP contribution in [-0.4, -0.2) is 16.9 Å². The van der Waals surface area contributed by atoms with Gasteiger partial charge in [0.25, 0.3) is 5.91 Å². The Morgan fingerprint density at radius 2 is 2.15 bits per heavy atom. The summed E-state index contributed by atoms with van der Waals surface area (Å²) in [6.45, 7) is 0. The first kappa shape index (κ1) is 11.8. The Balaban J connectivity index is 1.54. The standard InChI is InChI=1S/C16H19N3O/c17-12-3-4-13-11(7-12)8-15(18-13)16(20)19-14-6-9-1-2-10(14)5-9/h3-4,7-10,14,18H,1-2,5-6,17H2,(H,19,20). The van der Waals surface area contributed by atoms with Crippen LogP contribution in [0.2, 0.25) is 0 Å². The molecule has 3 atom stereocenters. The van der Waals surface area contributed by atoms with Crippen LogP contribution in [-0.2, 0) is 0 Å². The zero-order chi connectivity index (χ0) is 13.7. The van der Waals surface area contributed by atoms with E-state index in [2.05, 4.69) is 10.3 Å². The van der Waals surface area contributed by atoms with E-state index in [1.54, 1.807) is 0 Å². The number of rotatable bonds is 2. The van der Waals surface area contributed by atoms with Crippen LogP contribution in [0, 0.1) is 11.8 Å². The van der Waals surface area contributed by atoms with Gasteiger partial charge in [-0.15, -0.1) is 0 Å². The number of hydrogen-bond acceptors (Lipinski definition) is 2. The van der Waals surface area contributed by atoms with E-state index in [1.165, 1.54) is 19.3 Å². The summed E-state index contributed by atoms with van der Waals surface area (Å²) in [4.78, 5) is 15.5. The molecule has 4 heteroatoms.